The van der Waals surface area contributed by atoms with Crippen LogP contribution in [0, 0.1) is 5.82 Å². The van der Waals surface area contributed by atoms with E-state index in [1.807, 2.05) is 20.8 Å². The number of thioether (sulfide) groups is 1. The number of hydrogen-bond acceptors (Lipinski definition) is 6. The van der Waals surface area contributed by atoms with E-state index >= 15 is 0 Å². The first-order valence-electron chi connectivity index (χ1n) is 10.2. The molecule has 31 heavy (non-hydrogen) atoms. The van der Waals surface area contributed by atoms with Crippen molar-refractivity contribution in [2.75, 3.05) is 38.5 Å². The summed E-state index contributed by atoms with van der Waals surface area (Å²) in [5.74, 6) is 0.304. The Morgan fingerprint density at radius 1 is 1.13 bits per heavy atom. The number of nitrogens with zero attached hydrogens (tertiary/aromatic N) is 5. The summed E-state index contributed by atoms with van der Waals surface area (Å²) in [5, 5.41) is 11.7. The first kappa shape index (κ1) is 23.2. The maximum Gasteiger partial charge on any atom is 0.234 e. The van der Waals surface area contributed by atoms with Crippen molar-refractivity contribution in [3.05, 3.63) is 30.1 Å². The van der Waals surface area contributed by atoms with E-state index in [9.17, 15) is 14.0 Å². The minimum absolute atomic E-state index is 0.00392. The van der Waals surface area contributed by atoms with Crippen molar-refractivity contribution in [1.82, 2.24) is 29.9 Å². The fraction of sp³-hybridized carbons (Fsp3) is 0.524. The summed E-state index contributed by atoms with van der Waals surface area (Å²) in [7, 11) is 1.76. The normalized spacial score (nSPS) is 15.2. The van der Waals surface area contributed by atoms with Gasteiger partial charge in [0.05, 0.1) is 17.9 Å². The van der Waals surface area contributed by atoms with Gasteiger partial charge < -0.3 is 14.8 Å². The molecule has 8 nitrogen and oxygen atoms in total. The molecular weight excluding hydrogens is 419 g/mol. The fourth-order valence-corrected chi connectivity index (χ4v) is 4.17. The molecule has 1 aromatic carbocycles. The summed E-state index contributed by atoms with van der Waals surface area (Å²) < 4.78 is 15.7. The van der Waals surface area contributed by atoms with Crippen molar-refractivity contribution >= 4 is 23.6 Å². The summed E-state index contributed by atoms with van der Waals surface area (Å²) in [4.78, 5) is 28.6. The van der Waals surface area contributed by atoms with Crippen molar-refractivity contribution < 1.29 is 14.0 Å². The maximum absolute atomic E-state index is 14.0. The van der Waals surface area contributed by atoms with Crippen LogP contribution in [-0.4, -0.2) is 80.4 Å². The zero-order chi connectivity index (χ0) is 22.6. The van der Waals surface area contributed by atoms with E-state index in [1.54, 1.807) is 34.7 Å². The number of hydrogen-bond donors (Lipinski definition) is 1. The second kappa shape index (κ2) is 9.78. The Bertz CT molecular complexity index is 934. The van der Waals surface area contributed by atoms with E-state index in [0.29, 0.717) is 49.3 Å². The zero-order valence-corrected chi connectivity index (χ0v) is 19.2. The summed E-state index contributed by atoms with van der Waals surface area (Å²) in [6.07, 6.45) is 0. The second-order valence-corrected chi connectivity index (χ2v) is 9.53. The Kier molecular flexibility index (Phi) is 7.32. The van der Waals surface area contributed by atoms with Crippen LogP contribution in [0.1, 0.15) is 20.8 Å². The quantitative estimate of drug-likeness (QED) is 0.679. The molecule has 0 unspecified atom stereocenters. The summed E-state index contributed by atoms with van der Waals surface area (Å²) >= 11 is 1.29. The van der Waals surface area contributed by atoms with Crippen LogP contribution in [0.4, 0.5) is 4.39 Å². The van der Waals surface area contributed by atoms with Crippen molar-refractivity contribution in [3.8, 4) is 11.4 Å². The molecule has 1 aromatic heterocycles. The van der Waals surface area contributed by atoms with Crippen molar-refractivity contribution in [1.29, 1.82) is 0 Å². The van der Waals surface area contributed by atoms with E-state index < -0.39 is 0 Å². The first-order valence-corrected chi connectivity index (χ1v) is 11.2. The number of benzene rings is 1. The number of aromatic nitrogens is 3. The molecule has 1 saturated heterocycles. The molecule has 10 heteroatoms. The Labute approximate surface area is 186 Å². The SMILES string of the molecule is Cn1c(SCC(=O)N2CCN(CC(=O)NC(C)(C)C)CC2)nnc1-c1ccccc1F. The van der Waals surface area contributed by atoms with Gasteiger partial charge in [-0.2, -0.15) is 0 Å². The molecule has 1 fully saturated rings. The van der Waals surface area contributed by atoms with E-state index in [4.69, 9.17) is 0 Å². The van der Waals surface area contributed by atoms with Crippen LogP contribution in [0.25, 0.3) is 11.4 Å². The average molecular weight is 449 g/mol. The lowest BCUT2D eigenvalue weighted by atomic mass is 10.1. The number of carbonyl (C=O) groups excluding carboxylic acids is 2. The van der Waals surface area contributed by atoms with E-state index in [2.05, 4.69) is 20.4 Å². The van der Waals surface area contributed by atoms with Gasteiger partial charge in [0.15, 0.2) is 11.0 Å². The van der Waals surface area contributed by atoms with Gasteiger partial charge in [-0.1, -0.05) is 23.9 Å². The molecule has 1 aliphatic rings. The molecule has 1 aliphatic heterocycles. The molecule has 2 aromatic rings. The predicted octanol–water partition coefficient (Wildman–Crippen LogP) is 1.77. The van der Waals surface area contributed by atoms with Gasteiger partial charge in [0.1, 0.15) is 5.82 Å². The molecule has 0 saturated carbocycles. The van der Waals surface area contributed by atoms with Gasteiger partial charge in [0.2, 0.25) is 11.8 Å². The van der Waals surface area contributed by atoms with Gasteiger partial charge in [0.25, 0.3) is 0 Å². The minimum Gasteiger partial charge on any atom is -0.350 e. The molecule has 0 aliphatic carbocycles. The lowest BCUT2D eigenvalue weighted by Gasteiger charge is -2.34. The van der Waals surface area contributed by atoms with Crippen LogP contribution >= 0.6 is 11.8 Å². The topological polar surface area (TPSA) is 83.4 Å². The van der Waals surface area contributed by atoms with Crippen LogP contribution in [0.3, 0.4) is 0 Å². The van der Waals surface area contributed by atoms with Crippen molar-refractivity contribution in [2.24, 2.45) is 7.05 Å². The fourth-order valence-electron chi connectivity index (χ4n) is 3.35. The van der Waals surface area contributed by atoms with Crippen LogP contribution in [-0.2, 0) is 16.6 Å². The highest BCUT2D eigenvalue weighted by atomic mass is 32.2. The smallest absolute Gasteiger partial charge is 0.234 e. The van der Waals surface area contributed by atoms with Gasteiger partial charge >= 0.3 is 0 Å². The van der Waals surface area contributed by atoms with Gasteiger partial charge in [0, 0.05) is 38.8 Å². The standard InChI is InChI=1S/C21H29FN6O2S/c1-21(2,3)23-17(29)13-27-9-11-28(12-10-27)18(30)14-31-20-25-24-19(26(20)4)15-7-5-6-8-16(15)22/h5-8H,9-14H2,1-4H3,(H,23,29). The van der Waals surface area contributed by atoms with Gasteiger partial charge in [-0.05, 0) is 32.9 Å². The molecule has 1 N–H and O–H groups in total. The van der Waals surface area contributed by atoms with Gasteiger partial charge in [-0.25, -0.2) is 4.39 Å². The molecule has 0 bridgehead atoms. The number of carbonyl (C=O) groups is 2. The Balaban J connectivity index is 1.48. The van der Waals surface area contributed by atoms with Gasteiger partial charge in [-0.3, -0.25) is 14.5 Å². The molecule has 2 heterocycles. The molecular formula is C21H29FN6O2S. The lowest BCUT2D eigenvalue weighted by Crippen LogP contribution is -2.53. The molecule has 0 spiro atoms. The van der Waals surface area contributed by atoms with E-state index in [0.717, 1.165) is 0 Å². The highest BCUT2D eigenvalue weighted by Gasteiger charge is 2.24. The molecule has 2 amide bonds. The van der Waals surface area contributed by atoms with Gasteiger partial charge in [-0.15, -0.1) is 10.2 Å². The molecule has 0 atom stereocenters. The number of rotatable bonds is 6. The molecule has 3 rings (SSSR count). The third-order valence-electron chi connectivity index (χ3n) is 4.88. The minimum atomic E-state index is -0.361. The summed E-state index contributed by atoms with van der Waals surface area (Å²) in [6.45, 7) is 8.69. The molecule has 168 valence electrons. The number of piperazine rings is 1. The van der Waals surface area contributed by atoms with Crippen molar-refractivity contribution in [2.45, 2.75) is 31.5 Å². The first-order chi connectivity index (χ1) is 14.6. The number of halogens is 1. The summed E-state index contributed by atoms with van der Waals surface area (Å²) in [6, 6.07) is 6.41. The van der Waals surface area contributed by atoms with E-state index in [-0.39, 0.29) is 28.9 Å². The lowest BCUT2D eigenvalue weighted by molar-refractivity contribution is -0.130. The Hall–Kier alpha value is -2.46. The average Bonchev–Trinajstić information content (AvgIpc) is 3.06. The van der Waals surface area contributed by atoms with Crippen molar-refractivity contribution in [3.63, 3.8) is 0 Å². The highest BCUT2D eigenvalue weighted by Crippen LogP contribution is 2.24. The third kappa shape index (κ3) is 6.27. The zero-order valence-electron chi connectivity index (χ0n) is 18.4. The monoisotopic (exact) mass is 448 g/mol. The van der Waals surface area contributed by atoms with Crippen LogP contribution in [0.15, 0.2) is 29.4 Å². The maximum atomic E-state index is 14.0. The van der Waals surface area contributed by atoms with Crippen LogP contribution in [0.2, 0.25) is 0 Å². The largest absolute Gasteiger partial charge is 0.350 e. The van der Waals surface area contributed by atoms with E-state index in [1.165, 1.54) is 17.8 Å². The highest BCUT2D eigenvalue weighted by molar-refractivity contribution is 7.99. The predicted molar refractivity (Wildman–Crippen MR) is 118 cm³/mol. The third-order valence-corrected chi connectivity index (χ3v) is 5.89. The van der Waals surface area contributed by atoms with Crippen LogP contribution < -0.4 is 5.32 Å². The number of amides is 2. The summed E-state index contributed by atoms with van der Waals surface area (Å²) in [5.41, 5.74) is 0.125. The Morgan fingerprint density at radius 2 is 1.81 bits per heavy atom. The molecule has 0 radical (unpaired) electrons. The van der Waals surface area contributed by atoms with Crippen LogP contribution in [0.5, 0.6) is 0 Å². The second-order valence-electron chi connectivity index (χ2n) is 8.59. The number of nitrogens with one attached hydrogen (secondary N) is 1. The Morgan fingerprint density at radius 3 is 2.45 bits per heavy atom.